The fourth-order valence-corrected chi connectivity index (χ4v) is 2.30. The number of ether oxygens (including phenoxy) is 1. The lowest BCUT2D eigenvalue weighted by Gasteiger charge is -2.28. The molecular formula is C16H27NO. The second-order valence-electron chi connectivity index (χ2n) is 5.58. The van der Waals surface area contributed by atoms with E-state index < -0.39 is 0 Å². The van der Waals surface area contributed by atoms with Gasteiger partial charge in [-0.15, -0.1) is 0 Å². The highest BCUT2D eigenvalue weighted by atomic mass is 16.5. The Labute approximate surface area is 112 Å². The molecule has 1 aromatic carbocycles. The third-order valence-corrected chi connectivity index (χ3v) is 3.79. The van der Waals surface area contributed by atoms with Crippen molar-refractivity contribution in [1.29, 1.82) is 0 Å². The van der Waals surface area contributed by atoms with E-state index >= 15 is 0 Å². The van der Waals surface area contributed by atoms with E-state index in [-0.39, 0.29) is 5.41 Å². The molecule has 1 rings (SSSR count). The van der Waals surface area contributed by atoms with Gasteiger partial charge in [-0.2, -0.15) is 0 Å². The molecule has 2 heteroatoms. The van der Waals surface area contributed by atoms with E-state index in [1.807, 2.05) is 0 Å². The molecule has 2 nitrogen and oxygen atoms in total. The zero-order valence-electron chi connectivity index (χ0n) is 12.7. The maximum atomic E-state index is 5.63. The molecule has 1 N–H and O–H groups in total. The van der Waals surface area contributed by atoms with Gasteiger partial charge < -0.3 is 10.1 Å². The zero-order chi connectivity index (χ0) is 13.8. The third-order valence-electron chi connectivity index (χ3n) is 3.79. The smallest absolute Gasteiger partial charge is 0.125 e. The van der Waals surface area contributed by atoms with Crippen LogP contribution in [0.25, 0.3) is 0 Å². The first-order valence-corrected chi connectivity index (χ1v) is 6.79. The van der Waals surface area contributed by atoms with Crippen LogP contribution in [0.2, 0.25) is 0 Å². The highest BCUT2D eigenvalue weighted by Gasteiger charge is 2.25. The van der Waals surface area contributed by atoms with Gasteiger partial charge in [0.2, 0.25) is 0 Å². The van der Waals surface area contributed by atoms with E-state index in [1.165, 1.54) is 16.7 Å². The molecule has 0 unspecified atom stereocenters. The minimum absolute atomic E-state index is 0.131. The average Bonchev–Trinajstić information content (AvgIpc) is 2.32. The summed E-state index contributed by atoms with van der Waals surface area (Å²) in [5.74, 6) is 1.05. The van der Waals surface area contributed by atoms with Crippen LogP contribution in [0.4, 0.5) is 0 Å². The van der Waals surface area contributed by atoms with Crippen LogP contribution in [0.1, 0.15) is 43.9 Å². The topological polar surface area (TPSA) is 21.3 Å². The summed E-state index contributed by atoms with van der Waals surface area (Å²) in [4.78, 5) is 0. The van der Waals surface area contributed by atoms with Crippen molar-refractivity contribution in [3.8, 4) is 5.75 Å². The average molecular weight is 249 g/mol. The van der Waals surface area contributed by atoms with E-state index in [0.29, 0.717) is 0 Å². The normalized spacial score (nSPS) is 11.7. The molecule has 0 bridgehead atoms. The lowest BCUT2D eigenvalue weighted by molar-refractivity contribution is 0.380. The van der Waals surface area contributed by atoms with Crippen molar-refractivity contribution in [2.24, 2.45) is 0 Å². The molecule has 0 aromatic heterocycles. The van der Waals surface area contributed by atoms with E-state index in [4.69, 9.17) is 4.74 Å². The second kappa shape index (κ2) is 6.24. The van der Waals surface area contributed by atoms with Crippen molar-refractivity contribution < 1.29 is 4.74 Å². The first-order valence-electron chi connectivity index (χ1n) is 6.79. The summed E-state index contributed by atoms with van der Waals surface area (Å²) < 4.78 is 5.63. The van der Waals surface area contributed by atoms with E-state index in [1.54, 1.807) is 7.11 Å². The number of hydrogen-bond donors (Lipinski definition) is 1. The monoisotopic (exact) mass is 249 g/mol. The number of benzene rings is 1. The lowest BCUT2D eigenvalue weighted by Crippen LogP contribution is -2.26. The fourth-order valence-electron chi connectivity index (χ4n) is 2.30. The highest BCUT2D eigenvalue weighted by Crippen LogP contribution is 2.37. The quantitative estimate of drug-likeness (QED) is 0.778. The third kappa shape index (κ3) is 3.26. The molecule has 0 aliphatic carbocycles. The van der Waals surface area contributed by atoms with Crippen molar-refractivity contribution in [3.63, 3.8) is 0 Å². The molecule has 0 saturated carbocycles. The molecule has 102 valence electrons. The minimum atomic E-state index is 0.131. The predicted molar refractivity (Wildman–Crippen MR) is 78.7 cm³/mol. The van der Waals surface area contributed by atoms with Gasteiger partial charge in [0.05, 0.1) is 7.11 Å². The Kier molecular flexibility index (Phi) is 5.21. The zero-order valence-corrected chi connectivity index (χ0v) is 12.7. The first kappa shape index (κ1) is 15.0. The molecule has 0 radical (unpaired) electrons. The van der Waals surface area contributed by atoms with Gasteiger partial charge in [0.1, 0.15) is 5.75 Å². The van der Waals surface area contributed by atoms with Crippen molar-refractivity contribution in [2.75, 3.05) is 20.2 Å². The van der Waals surface area contributed by atoms with Crippen molar-refractivity contribution >= 4 is 0 Å². The van der Waals surface area contributed by atoms with Crippen molar-refractivity contribution in [2.45, 2.75) is 46.5 Å². The molecule has 0 spiro atoms. The molecule has 0 amide bonds. The van der Waals surface area contributed by atoms with Gasteiger partial charge in [-0.25, -0.2) is 0 Å². The second-order valence-corrected chi connectivity index (χ2v) is 5.58. The maximum Gasteiger partial charge on any atom is 0.125 e. The van der Waals surface area contributed by atoms with Gasteiger partial charge >= 0.3 is 0 Å². The van der Waals surface area contributed by atoms with Crippen LogP contribution < -0.4 is 10.1 Å². The summed E-state index contributed by atoms with van der Waals surface area (Å²) in [6.45, 7) is 13.1. The van der Waals surface area contributed by atoms with Gasteiger partial charge in [-0.3, -0.25) is 0 Å². The highest BCUT2D eigenvalue weighted by molar-refractivity contribution is 5.48. The Morgan fingerprint density at radius 1 is 1.22 bits per heavy atom. The lowest BCUT2D eigenvalue weighted by atomic mass is 9.79. The maximum absolute atomic E-state index is 5.63. The van der Waals surface area contributed by atoms with Crippen molar-refractivity contribution in [3.05, 3.63) is 28.8 Å². The summed E-state index contributed by atoms with van der Waals surface area (Å²) in [6.07, 6.45) is 1.11. The molecule has 0 aliphatic rings. The molecule has 0 saturated heterocycles. The van der Waals surface area contributed by atoms with Crippen LogP contribution >= 0.6 is 0 Å². The Balaban J connectivity index is 3.04. The van der Waals surface area contributed by atoms with Gasteiger partial charge in [-0.1, -0.05) is 32.9 Å². The summed E-state index contributed by atoms with van der Waals surface area (Å²) >= 11 is 0. The van der Waals surface area contributed by atoms with Crippen LogP contribution in [0.5, 0.6) is 5.75 Å². The van der Waals surface area contributed by atoms with Crippen LogP contribution in [0.15, 0.2) is 12.1 Å². The largest absolute Gasteiger partial charge is 0.496 e. The Morgan fingerprint density at radius 2 is 1.89 bits per heavy atom. The Hall–Kier alpha value is -1.02. The van der Waals surface area contributed by atoms with Gasteiger partial charge in [0, 0.05) is 5.56 Å². The summed E-state index contributed by atoms with van der Waals surface area (Å²) in [5.41, 5.74) is 3.99. The Morgan fingerprint density at radius 3 is 2.44 bits per heavy atom. The van der Waals surface area contributed by atoms with Gasteiger partial charge in [-0.05, 0) is 49.9 Å². The number of rotatable bonds is 6. The number of nitrogens with one attached hydrogen (secondary N) is 1. The summed E-state index contributed by atoms with van der Waals surface area (Å²) in [7, 11) is 1.77. The number of hydrogen-bond acceptors (Lipinski definition) is 2. The number of methoxy groups -OCH3 is 1. The van der Waals surface area contributed by atoms with E-state index in [0.717, 1.165) is 25.3 Å². The molecular weight excluding hydrogens is 222 g/mol. The van der Waals surface area contributed by atoms with Crippen LogP contribution in [-0.4, -0.2) is 20.2 Å². The van der Waals surface area contributed by atoms with Crippen LogP contribution in [0, 0.1) is 13.8 Å². The molecule has 1 aromatic rings. The van der Waals surface area contributed by atoms with Crippen LogP contribution in [0.3, 0.4) is 0 Å². The summed E-state index contributed by atoms with van der Waals surface area (Å²) in [5, 5.41) is 3.40. The van der Waals surface area contributed by atoms with Gasteiger partial charge in [0.25, 0.3) is 0 Å². The number of aryl methyl sites for hydroxylation is 1. The minimum Gasteiger partial charge on any atom is -0.496 e. The Bertz CT molecular complexity index is 396. The SMILES string of the molecule is CCNCCC(C)(C)c1ccc(C)c(C)c1OC. The van der Waals surface area contributed by atoms with E-state index in [2.05, 4.69) is 52.1 Å². The molecule has 0 heterocycles. The first-order chi connectivity index (χ1) is 8.44. The van der Waals surface area contributed by atoms with Gasteiger partial charge in [0.15, 0.2) is 0 Å². The molecule has 0 atom stereocenters. The standard InChI is InChI=1S/C16H27NO/c1-7-17-11-10-16(4,5)14-9-8-12(2)13(3)15(14)18-6/h8-9,17H,7,10-11H2,1-6H3. The fraction of sp³-hybridized carbons (Fsp3) is 0.625. The van der Waals surface area contributed by atoms with Crippen molar-refractivity contribution in [1.82, 2.24) is 5.32 Å². The summed E-state index contributed by atoms with van der Waals surface area (Å²) in [6, 6.07) is 4.41. The molecule has 0 fully saturated rings. The van der Waals surface area contributed by atoms with Crippen LogP contribution in [-0.2, 0) is 5.41 Å². The predicted octanol–water partition coefficient (Wildman–Crippen LogP) is 3.59. The molecule has 0 aliphatic heterocycles. The molecule has 18 heavy (non-hydrogen) atoms. The van der Waals surface area contributed by atoms with E-state index in [9.17, 15) is 0 Å².